The Morgan fingerprint density at radius 3 is 2.55 bits per heavy atom. The highest BCUT2D eigenvalue weighted by molar-refractivity contribution is 5.79. The minimum absolute atomic E-state index is 0.624. The molecule has 108 valence electrons. The molecule has 0 atom stereocenters. The van der Waals surface area contributed by atoms with Crippen molar-refractivity contribution in [3.8, 4) is 0 Å². The van der Waals surface area contributed by atoms with Crippen LogP contribution in [0.5, 0.6) is 0 Å². The molecule has 3 nitrogen and oxygen atoms in total. The zero-order valence-corrected chi connectivity index (χ0v) is 12.4. The molecule has 3 heteroatoms. The van der Waals surface area contributed by atoms with E-state index in [0.717, 1.165) is 17.6 Å². The lowest BCUT2D eigenvalue weighted by Crippen LogP contribution is -2.13. The summed E-state index contributed by atoms with van der Waals surface area (Å²) in [4.78, 5) is 4.80. The number of imidazole rings is 1. The highest BCUT2D eigenvalue weighted by atomic mass is 15.1. The van der Waals surface area contributed by atoms with E-state index in [4.69, 9.17) is 10.7 Å². The number of hydrogen-bond acceptors (Lipinski definition) is 2. The Bertz CT molecular complexity index is 577. The molecule has 1 saturated carbocycles. The molecule has 1 fully saturated rings. The van der Waals surface area contributed by atoms with Crippen LogP contribution in [0.3, 0.4) is 0 Å². The van der Waals surface area contributed by atoms with E-state index in [-0.39, 0.29) is 0 Å². The van der Waals surface area contributed by atoms with Gasteiger partial charge in [-0.15, -0.1) is 0 Å². The average Bonchev–Trinajstić information content (AvgIpc) is 2.76. The molecular formula is C17H25N3. The third-order valence-electron chi connectivity index (χ3n) is 4.54. The molecule has 2 aromatic rings. The molecule has 0 bridgehead atoms. The van der Waals surface area contributed by atoms with Crippen LogP contribution in [0.4, 0.5) is 5.69 Å². The van der Waals surface area contributed by atoms with Crippen molar-refractivity contribution in [2.24, 2.45) is 0 Å². The van der Waals surface area contributed by atoms with Gasteiger partial charge in [0.05, 0.1) is 11.0 Å². The molecule has 0 saturated heterocycles. The first-order valence-corrected chi connectivity index (χ1v) is 8.06. The van der Waals surface area contributed by atoms with Crippen molar-refractivity contribution >= 4 is 16.7 Å². The number of fused-ring (bicyclic) bond motifs is 1. The van der Waals surface area contributed by atoms with Crippen molar-refractivity contribution < 1.29 is 0 Å². The second-order valence-electron chi connectivity index (χ2n) is 6.00. The van der Waals surface area contributed by atoms with Gasteiger partial charge in [-0.2, -0.15) is 0 Å². The highest BCUT2D eigenvalue weighted by Crippen LogP contribution is 2.31. The summed E-state index contributed by atoms with van der Waals surface area (Å²) in [6, 6.07) is 6.78. The SMILES string of the molecule is CCc1nc2cc(N)ccc2n1C1CCCCCCC1. The van der Waals surface area contributed by atoms with Gasteiger partial charge in [0.2, 0.25) is 0 Å². The van der Waals surface area contributed by atoms with Gasteiger partial charge in [0.1, 0.15) is 5.82 Å². The van der Waals surface area contributed by atoms with Crippen LogP contribution in [-0.2, 0) is 6.42 Å². The Hall–Kier alpha value is -1.51. The third-order valence-corrected chi connectivity index (χ3v) is 4.54. The number of benzene rings is 1. The van der Waals surface area contributed by atoms with Gasteiger partial charge in [-0.3, -0.25) is 0 Å². The number of rotatable bonds is 2. The Kier molecular flexibility index (Phi) is 3.95. The highest BCUT2D eigenvalue weighted by Gasteiger charge is 2.19. The smallest absolute Gasteiger partial charge is 0.109 e. The normalized spacial score (nSPS) is 18.1. The molecule has 0 spiro atoms. The van der Waals surface area contributed by atoms with Crippen LogP contribution in [0.15, 0.2) is 18.2 Å². The maximum atomic E-state index is 5.90. The molecule has 3 rings (SSSR count). The van der Waals surface area contributed by atoms with E-state index in [1.165, 1.54) is 56.3 Å². The van der Waals surface area contributed by atoms with Crippen LogP contribution in [0.1, 0.15) is 63.7 Å². The quantitative estimate of drug-likeness (QED) is 0.819. The van der Waals surface area contributed by atoms with E-state index in [1.54, 1.807) is 0 Å². The maximum Gasteiger partial charge on any atom is 0.109 e. The fourth-order valence-electron chi connectivity index (χ4n) is 3.52. The molecule has 0 amide bonds. The second-order valence-corrected chi connectivity index (χ2v) is 6.00. The van der Waals surface area contributed by atoms with E-state index in [1.807, 2.05) is 12.1 Å². The number of aromatic nitrogens is 2. The summed E-state index contributed by atoms with van der Waals surface area (Å²) in [6.07, 6.45) is 10.5. The summed E-state index contributed by atoms with van der Waals surface area (Å²) in [7, 11) is 0. The molecule has 1 aromatic heterocycles. The fourth-order valence-corrected chi connectivity index (χ4v) is 3.52. The van der Waals surface area contributed by atoms with E-state index < -0.39 is 0 Å². The van der Waals surface area contributed by atoms with Gasteiger partial charge in [-0.25, -0.2) is 4.98 Å². The predicted octanol–water partition coefficient (Wildman–Crippen LogP) is 4.47. The standard InChI is InChI=1S/C17H25N3/c1-2-17-19-15-12-13(18)10-11-16(15)20(17)14-8-6-4-3-5-7-9-14/h10-12,14H,2-9,18H2,1H3. The average molecular weight is 271 g/mol. The van der Waals surface area contributed by atoms with Crippen LogP contribution >= 0.6 is 0 Å². The summed E-state index contributed by atoms with van der Waals surface area (Å²) >= 11 is 0. The van der Waals surface area contributed by atoms with Crippen LogP contribution in [0, 0.1) is 0 Å². The number of anilines is 1. The Morgan fingerprint density at radius 2 is 1.85 bits per heavy atom. The van der Waals surface area contributed by atoms with Crippen LogP contribution in [0.25, 0.3) is 11.0 Å². The number of nitrogen functional groups attached to an aromatic ring is 1. The number of nitrogens with zero attached hydrogens (tertiary/aromatic N) is 2. The Labute approximate surface area is 121 Å². The Morgan fingerprint density at radius 1 is 1.15 bits per heavy atom. The summed E-state index contributed by atoms with van der Waals surface area (Å²) in [5, 5.41) is 0. The molecule has 0 aliphatic heterocycles. The van der Waals surface area contributed by atoms with Crippen LogP contribution in [0.2, 0.25) is 0 Å². The van der Waals surface area contributed by atoms with Gasteiger partial charge in [0.15, 0.2) is 0 Å². The van der Waals surface area contributed by atoms with Crippen LogP contribution < -0.4 is 5.73 Å². The van der Waals surface area contributed by atoms with E-state index in [0.29, 0.717) is 6.04 Å². The zero-order chi connectivity index (χ0) is 13.9. The second kappa shape index (κ2) is 5.86. The lowest BCUT2D eigenvalue weighted by molar-refractivity contribution is 0.371. The molecular weight excluding hydrogens is 246 g/mol. The molecule has 1 aromatic carbocycles. The minimum Gasteiger partial charge on any atom is -0.399 e. The minimum atomic E-state index is 0.624. The lowest BCUT2D eigenvalue weighted by atomic mass is 9.96. The first-order valence-electron chi connectivity index (χ1n) is 8.06. The fraction of sp³-hybridized carbons (Fsp3) is 0.588. The summed E-state index contributed by atoms with van der Waals surface area (Å²) in [6.45, 7) is 2.20. The van der Waals surface area contributed by atoms with Crippen LogP contribution in [-0.4, -0.2) is 9.55 Å². The molecule has 20 heavy (non-hydrogen) atoms. The third kappa shape index (κ3) is 2.54. The Balaban J connectivity index is 2.03. The molecule has 0 unspecified atom stereocenters. The van der Waals surface area contributed by atoms with Crippen molar-refractivity contribution in [1.29, 1.82) is 0 Å². The molecule has 2 N–H and O–H groups in total. The largest absolute Gasteiger partial charge is 0.399 e. The first-order chi connectivity index (χ1) is 9.79. The number of hydrogen-bond donors (Lipinski definition) is 1. The van der Waals surface area contributed by atoms with Crippen molar-refractivity contribution in [1.82, 2.24) is 9.55 Å². The lowest BCUT2D eigenvalue weighted by Gasteiger charge is -2.23. The monoisotopic (exact) mass is 271 g/mol. The summed E-state index contributed by atoms with van der Waals surface area (Å²) in [5.41, 5.74) is 9.03. The van der Waals surface area contributed by atoms with Gasteiger partial charge in [0, 0.05) is 18.2 Å². The van der Waals surface area contributed by atoms with Gasteiger partial charge in [-0.05, 0) is 31.0 Å². The van der Waals surface area contributed by atoms with Crippen molar-refractivity contribution in [2.75, 3.05) is 5.73 Å². The topological polar surface area (TPSA) is 43.8 Å². The molecule has 1 heterocycles. The number of nitrogens with two attached hydrogens (primary N) is 1. The molecule has 1 aliphatic carbocycles. The van der Waals surface area contributed by atoms with Crippen molar-refractivity contribution in [3.63, 3.8) is 0 Å². The zero-order valence-electron chi connectivity index (χ0n) is 12.4. The molecule has 1 aliphatic rings. The summed E-state index contributed by atoms with van der Waals surface area (Å²) < 4.78 is 2.50. The summed E-state index contributed by atoms with van der Waals surface area (Å²) in [5.74, 6) is 1.22. The predicted molar refractivity (Wildman–Crippen MR) is 84.9 cm³/mol. The van der Waals surface area contributed by atoms with E-state index in [2.05, 4.69) is 17.6 Å². The molecule has 0 radical (unpaired) electrons. The van der Waals surface area contributed by atoms with E-state index in [9.17, 15) is 0 Å². The van der Waals surface area contributed by atoms with Gasteiger partial charge in [-0.1, -0.05) is 39.0 Å². The van der Waals surface area contributed by atoms with Gasteiger partial charge < -0.3 is 10.3 Å². The van der Waals surface area contributed by atoms with Gasteiger partial charge >= 0.3 is 0 Å². The van der Waals surface area contributed by atoms with Crippen molar-refractivity contribution in [3.05, 3.63) is 24.0 Å². The van der Waals surface area contributed by atoms with Crippen molar-refractivity contribution in [2.45, 2.75) is 64.3 Å². The van der Waals surface area contributed by atoms with Gasteiger partial charge in [0.25, 0.3) is 0 Å². The first kappa shape index (κ1) is 13.5. The van der Waals surface area contributed by atoms with E-state index >= 15 is 0 Å². The maximum absolute atomic E-state index is 5.90. The number of aryl methyl sites for hydroxylation is 1.